The molecule has 2 heterocycles. The van der Waals surface area contributed by atoms with Crippen LogP contribution in [0.5, 0.6) is 11.5 Å². The summed E-state index contributed by atoms with van der Waals surface area (Å²) in [6, 6.07) is 13.6. The van der Waals surface area contributed by atoms with Crippen LogP contribution in [0, 0.1) is 0 Å². The lowest BCUT2D eigenvalue weighted by molar-refractivity contribution is -0.113. The Morgan fingerprint density at radius 3 is 2.54 bits per heavy atom. The maximum Gasteiger partial charge on any atom is 0.270 e. The molecule has 0 N–H and O–H groups in total. The summed E-state index contributed by atoms with van der Waals surface area (Å²) in [5, 5.41) is 0. The van der Waals surface area contributed by atoms with Crippen LogP contribution in [0.25, 0.3) is 6.08 Å². The first kappa shape index (κ1) is 18.8. The van der Waals surface area contributed by atoms with Crippen LogP contribution in [0.1, 0.15) is 19.4 Å². The molecule has 1 saturated heterocycles. The van der Waals surface area contributed by atoms with Crippen LogP contribution in [-0.4, -0.2) is 30.1 Å². The number of thioether (sulfide) groups is 1. The number of anilines is 2. The predicted octanol–water partition coefficient (Wildman–Crippen LogP) is 4.67. The van der Waals surface area contributed by atoms with Crippen LogP contribution in [-0.2, 0) is 4.79 Å². The van der Waals surface area contributed by atoms with Gasteiger partial charge in [-0.05, 0) is 61.9 Å². The van der Waals surface area contributed by atoms with E-state index in [1.54, 1.807) is 4.90 Å². The van der Waals surface area contributed by atoms with Gasteiger partial charge in [-0.3, -0.25) is 9.69 Å². The first-order chi connectivity index (χ1) is 13.6. The number of carbonyl (C=O) groups excluding carboxylic acids is 1. The molecule has 0 atom stereocenters. The minimum atomic E-state index is -0.108. The Hall–Kier alpha value is -2.51. The molecule has 4 rings (SSSR count). The second-order valence-corrected chi connectivity index (χ2v) is 7.99. The zero-order valence-electron chi connectivity index (χ0n) is 15.7. The van der Waals surface area contributed by atoms with Crippen LogP contribution < -0.4 is 19.3 Å². The number of hydrogen-bond acceptors (Lipinski definition) is 6. The summed E-state index contributed by atoms with van der Waals surface area (Å²) in [5.74, 6) is 1.30. The van der Waals surface area contributed by atoms with Gasteiger partial charge in [0.25, 0.3) is 5.91 Å². The molecule has 2 aliphatic rings. The minimum Gasteiger partial charge on any atom is -0.454 e. The molecule has 0 spiro atoms. The Bertz CT molecular complexity index is 953. The summed E-state index contributed by atoms with van der Waals surface area (Å²) in [5.41, 5.74) is 2.80. The number of ether oxygens (including phenoxy) is 2. The highest BCUT2D eigenvalue weighted by molar-refractivity contribution is 8.27. The van der Waals surface area contributed by atoms with Gasteiger partial charge in [-0.2, -0.15) is 0 Å². The van der Waals surface area contributed by atoms with Crippen molar-refractivity contribution < 1.29 is 14.3 Å². The minimum absolute atomic E-state index is 0.108. The maximum absolute atomic E-state index is 13.0. The highest BCUT2D eigenvalue weighted by Gasteiger charge is 2.33. The van der Waals surface area contributed by atoms with Crippen LogP contribution in [0.3, 0.4) is 0 Å². The number of benzene rings is 2. The van der Waals surface area contributed by atoms with Crippen molar-refractivity contribution in [2.24, 2.45) is 0 Å². The Labute approximate surface area is 173 Å². The van der Waals surface area contributed by atoms with E-state index in [1.165, 1.54) is 11.8 Å². The van der Waals surface area contributed by atoms with Crippen molar-refractivity contribution in [1.82, 2.24) is 0 Å². The van der Waals surface area contributed by atoms with Gasteiger partial charge in [0.2, 0.25) is 6.79 Å². The number of nitrogens with zero attached hydrogens (tertiary/aromatic N) is 2. The third-order valence-electron chi connectivity index (χ3n) is 4.72. The molecule has 28 heavy (non-hydrogen) atoms. The summed E-state index contributed by atoms with van der Waals surface area (Å²) < 4.78 is 11.3. The molecule has 0 saturated carbocycles. The fourth-order valence-corrected chi connectivity index (χ4v) is 4.54. The smallest absolute Gasteiger partial charge is 0.270 e. The lowest BCUT2D eigenvalue weighted by Crippen LogP contribution is -2.27. The van der Waals surface area contributed by atoms with Crippen LogP contribution in [0.4, 0.5) is 11.4 Å². The van der Waals surface area contributed by atoms with E-state index in [2.05, 4.69) is 18.7 Å². The zero-order chi connectivity index (χ0) is 19.7. The van der Waals surface area contributed by atoms with E-state index in [0.29, 0.717) is 15.0 Å². The van der Waals surface area contributed by atoms with E-state index < -0.39 is 0 Å². The molecule has 5 nitrogen and oxygen atoms in total. The van der Waals surface area contributed by atoms with Gasteiger partial charge in [0.1, 0.15) is 0 Å². The number of thiocarbonyl (C=S) groups is 1. The number of carbonyl (C=O) groups is 1. The normalized spacial score (nSPS) is 16.9. The fourth-order valence-electron chi connectivity index (χ4n) is 3.25. The molecular formula is C21H20N2O3S2. The molecule has 2 aromatic rings. The lowest BCUT2D eigenvalue weighted by Gasteiger charge is -2.22. The molecular weight excluding hydrogens is 392 g/mol. The number of amides is 1. The second-order valence-electron chi connectivity index (χ2n) is 6.32. The van der Waals surface area contributed by atoms with Crippen molar-refractivity contribution in [3.05, 3.63) is 52.9 Å². The summed E-state index contributed by atoms with van der Waals surface area (Å²) in [6.45, 7) is 6.36. The monoisotopic (exact) mass is 412 g/mol. The number of hydrogen-bond donors (Lipinski definition) is 0. The van der Waals surface area contributed by atoms with Gasteiger partial charge < -0.3 is 14.4 Å². The van der Waals surface area contributed by atoms with Gasteiger partial charge >= 0.3 is 0 Å². The Kier molecular flexibility index (Phi) is 5.28. The molecule has 0 aliphatic carbocycles. The van der Waals surface area contributed by atoms with Crippen molar-refractivity contribution in [2.45, 2.75) is 13.8 Å². The maximum atomic E-state index is 13.0. The van der Waals surface area contributed by atoms with Gasteiger partial charge in [-0.25, -0.2) is 0 Å². The van der Waals surface area contributed by atoms with Gasteiger partial charge in [-0.1, -0.05) is 30.0 Å². The third-order valence-corrected chi connectivity index (χ3v) is 6.03. The van der Waals surface area contributed by atoms with E-state index in [4.69, 9.17) is 21.7 Å². The molecule has 0 unspecified atom stereocenters. The van der Waals surface area contributed by atoms with E-state index in [0.717, 1.165) is 35.8 Å². The molecule has 0 bridgehead atoms. The number of rotatable bonds is 5. The van der Waals surface area contributed by atoms with Crippen molar-refractivity contribution in [3.63, 3.8) is 0 Å². The predicted molar refractivity (Wildman–Crippen MR) is 118 cm³/mol. The summed E-state index contributed by atoms with van der Waals surface area (Å²) in [4.78, 5) is 17.4. The quantitative estimate of drug-likeness (QED) is 0.525. The van der Waals surface area contributed by atoms with Crippen LogP contribution >= 0.6 is 24.0 Å². The van der Waals surface area contributed by atoms with E-state index >= 15 is 0 Å². The van der Waals surface area contributed by atoms with Crippen LogP contribution in [0.2, 0.25) is 0 Å². The SMILES string of the molecule is CCN(CC)c1ccc(N2C(=O)/C(=C/c3ccc4c(c3)OCO4)SC2=S)cc1. The zero-order valence-corrected chi connectivity index (χ0v) is 17.3. The molecule has 2 aromatic carbocycles. The Balaban J connectivity index is 1.57. The first-order valence-electron chi connectivity index (χ1n) is 9.13. The van der Waals surface area contributed by atoms with Gasteiger partial charge in [-0.15, -0.1) is 0 Å². The molecule has 0 radical (unpaired) electrons. The molecule has 1 fully saturated rings. The second kappa shape index (κ2) is 7.85. The summed E-state index contributed by atoms with van der Waals surface area (Å²) in [6.07, 6.45) is 1.84. The Morgan fingerprint density at radius 2 is 1.82 bits per heavy atom. The highest BCUT2D eigenvalue weighted by atomic mass is 32.2. The summed E-state index contributed by atoms with van der Waals surface area (Å²) >= 11 is 6.79. The average molecular weight is 413 g/mol. The third kappa shape index (κ3) is 3.47. The van der Waals surface area contributed by atoms with Gasteiger partial charge in [0.15, 0.2) is 15.8 Å². The standard InChI is InChI=1S/C21H20N2O3S2/c1-3-22(4-2)15-6-8-16(9-7-15)23-20(24)19(28-21(23)27)12-14-5-10-17-18(11-14)26-13-25-17/h5-12H,3-4,13H2,1-2H3/b19-12-. The van der Waals surface area contributed by atoms with Crippen LogP contribution in [0.15, 0.2) is 47.4 Å². The highest BCUT2D eigenvalue weighted by Crippen LogP contribution is 2.38. The average Bonchev–Trinajstić information content (AvgIpc) is 3.27. The molecule has 144 valence electrons. The summed E-state index contributed by atoms with van der Waals surface area (Å²) in [7, 11) is 0. The van der Waals surface area contributed by atoms with Crippen molar-refractivity contribution in [2.75, 3.05) is 29.7 Å². The first-order valence-corrected chi connectivity index (χ1v) is 10.4. The van der Waals surface area contributed by atoms with E-state index in [9.17, 15) is 4.79 Å². The largest absolute Gasteiger partial charge is 0.454 e. The van der Waals surface area contributed by atoms with E-state index in [-0.39, 0.29) is 12.7 Å². The number of fused-ring (bicyclic) bond motifs is 1. The Morgan fingerprint density at radius 1 is 1.11 bits per heavy atom. The fraction of sp³-hybridized carbons (Fsp3) is 0.238. The molecule has 7 heteroatoms. The van der Waals surface area contributed by atoms with E-state index in [1.807, 2.05) is 48.5 Å². The molecule has 0 aromatic heterocycles. The molecule has 1 amide bonds. The van der Waals surface area contributed by atoms with Crippen molar-refractivity contribution in [3.8, 4) is 11.5 Å². The van der Waals surface area contributed by atoms with Gasteiger partial charge in [0, 0.05) is 18.8 Å². The van der Waals surface area contributed by atoms with Crippen molar-refractivity contribution >= 4 is 51.7 Å². The van der Waals surface area contributed by atoms with Gasteiger partial charge in [0.05, 0.1) is 10.6 Å². The topological polar surface area (TPSA) is 42.0 Å². The lowest BCUT2D eigenvalue weighted by atomic mass is 10.2. The van der Waals surface area contributed by atoms with Crippen molar-refractivity contribution in [1.29, 1.82) is 0 Å². The molecule has 2 aliphatic heterocycles.